The van der Waals surface area contributed by atoms with Crippen molar-refractivity contribution in [3.63, 3.8) is 0 Å². The molecular weight excluding hydrogens is 294 g/mol. The quantitative estimate of drug-likeness (QED) is 0.677. The summed E-state index contributed by atoms with van der Waals surface area (Å²) in [5.74, 6) is 0.174. The first-order valence-corrected chi connectivity index (χ1v) is 7.65. The number of hydrogen-bond acceptors (Lipinski definition) is 4. The van der Waals surface area contributed by atoms with Crippen molar-refractivity contribution in [2.75, 3.05) is 11.9 Å². The van der Waals surface area contributed by atoms with Crippen LogP contribution in [0.2, 0.25) is 0 Å². The van der Waals surface area contributed by atoms with Crippen LogP contribution in [0.25, 0.3) is 0 Å². The molecule has 3 N–H and O–H groups in total. The van der Waals surface area contributed by atoms with Crippen molar-refractivity contribution in [2.45, 2.75) is 26.2 Å². The van der Waals surface area contributed by atoms with E-state index >= 15 is 0 Å². The molecular formula is C18H21NO4. The molecule has 0 atom stereocenters. The van der Waals surface area contributed by atoms with Crippen molar-refractivity contribution in [3.05, 3.63) is 48.0 Å². The number of rotatable bonds is 7. The maximum Gasteiger partial charge on any atom is 0.255 e. The number of benzene rings is 2. The van der Waals surface area contributed by atoms with E-state index in [1.807, 2.05) is 0 Å². The highest BCUT2D eigenvalue weighted by molar-refractivity contribution is 6.04. The van der Waals surface area contributed by atoms with Crippen LogP contribution in [0.3, 0.4) is 0 Å². The van der Waals surface area contributed by atoms with Gasteiger partial charge in [-0.25, -0.2) is 0 Å². The molecule has 0 heterocycles. The molecule has 0 fully saturated rings. The number of hydrogen-bond donors (Lipinski definition) is 3. The van der Waals surface area contributed by atoms with E-state index in [-0.39, 0.29) is 17.4 Å². The van der Waals surface area contributed by atoms with E-state index in [1.54, 1.807) is 24.3 Å². The summed E-state index contributed by atoms with van der Waals surface area (Å²) in [6.07, 6.45) is 3.30. The van der Waals surface area contributed by atoms with Gasteiger partial charge in [-0.05, 0) is 30.7 Å². The minimum Gasteiger partial charge on any atom is -0.508 e. The predicted octanol–water partition coefficient (Wildman–Crippen LogP) is 3.92. The van der Waals surface area contributed by atoms with E-state index in [0.717, 1.165) is 25.0 Å². The molecule has 1 amide bonds. The number of anilines is 1. The van der Waals surface area contributed by atoms with E-state index in [4.69, 9.17) is 4.74 Å². The monoisotopic (exact) mass is 315 g/mol. The normalized spacial score (nSPS) is 10.3. The zero-order chi connectivity index (χ0) is 16.7. The van der Waals surface area contributed by atoms with Crippen LogP contribution in [0.15, 0.2) is 42.5 Å². The number of aromatic hydroxyl groups is 2. The van der Waals surface area contributed by atoms with Crippen molar-refractivity contribution >= 4 is 11.6 Å². The summed E-state index contributed by atoms with van der Waals surface area (Å²) in [4.78, 5) is 12.1. The highest BCUT2D eigenvalue weighted by Crippen LogP contribution is 2.24. The molecule has 2 aromatic rings. The van der Waals surface area contributed by atoms with Crippen LogP contribution < -0.4 is 10.1 Å². The van der Waals surface area contributed by atoms with Gasteiger partial charge in [0.05, 0.1) is 6.61 Å². The Kier molecular flexibility index (Phi) is 5.86. The number of nitrogens with one attached hydrogen (secondary N) is 1. The fourth-order valence-corrected chi connectivity index (χ4v) is 2.12. The molecule has 0 aliphatic heterocycles. The van der Waals surface area contributed by atoms with Gasteiger partial charge in [-0.15, -0.1) is 0 Å². The van der Waals surface area contributed by atoms with Gasteiger partial charge in [-0.2, -0.15) is 0 Å². The van der Waals surface area contributed by atoms with Crippen LogP contribution in [0.5, 0.6) is 17.2 Å². The highest BCUT2D eigenvalue weighted by Gasteiger charge is 2.08. The third-order valence-electron chi connectivity index (χ3n) is 3.29. The van der Waals surface area contributed by atoms with Gasteiger partial charge >= 0.3 is 0 Å². The van der Waals surface area contributed by atoms with Gasteiger partial charge in [-0.1, -0.05) is 19.8 Å². The summed E-state index contributed by atoms with van der Waals surface area (Å²) in [6, 6.07) is 10.8. The number of carbonyl (C=O) groups is 1. The van der Waals surface area contributed by atoms with E-state index < -0.39 is 0 Å². The van der Waals surface area contributed by atoms with Crippen LogP contribution in [0, 0.1) is 0 Å². The first-order valence-electron chi connectivity index (χ1n) is 7.65. The topological polar surface area (TPSA) is 78.8 Å². The smallest absolute Gasteiger partial charge is 0.255 e. The van der Waals surface area contributed by atoms with E-state index in [2.05, 4.69) is 12.2 Å². The Morgan fingerprint density at radius 3 is 2.30 bits per heavy atom. The Labute approximate surface area is 135 Å². The number of phenolic OH excluding ortho intramolecular Hbond substituents is 2. The summed E-state index contributed by atoms with van der Waals surface area (Å²) in [5, 5.41) is 21.4. The third kappa shape index (κ3) is 5.21. The van der Waals surface area contributed by atoms with E-state index in [0.29, 0.717) is 17.9 Å². The standard InChI is InChI=1S/C18H21NO4/c1-2-3-4-9-23-17-7-5-13(6-8-17)18(22)19-14-10-15(20)12-16(21)11-14/h5-8,10-12,20-21H,2-4,9H2,1H3,(H,19,22). The molecule has 0 saturated heterocycles. The van der Waals surface area contributed by atoms with Gasteiger partial charge in [0.15, 0.2) is 0 Å². The van der Waals surface area contributed by atoms with Crippen LogP contribution >= 0.6 is 0 Å². The van der Waals surface area contributed by atoms with Crippen molar-refractivity contribution in [1.82, 2.24) is 0 Å². The Hall–Kier alpha value is -2.69. The second-order valence-corrected chi connectivity index (χ2v) is 5.27. The Morgan fingerprint density at radius 2 is 1.70 bits per heavy atom. The predicted molar refractivity (Wildman–Crippen MR) is 89.2 cm³/mol. The summed E-state index contributed by atoms with van der Waals surface area (Å²) in [6.45, 7) is 2.81. The zero-order valence-electron chi connectivity index (χ0n) is 13.1. The van der Waals surface area contributed by atoms with E-state index in [1.165, 1.54) is 18.2 Å². The fourth-order valence-electron chi connectivity index (χ4n) is 2.12. The molecule has 122 valence electrons. The average Bonchev–Trinajstić information content (AvgIpc) is 2.51. The van der Waals surface area contributed by atoms with Crippen molar-refractivity contribution in [1.29, 1.82) is 0 Å². The zero-order valence-corrected chi connectivity index (χ0v) is 13.1. The molecule has 0 unspecified atom stereocenters. The van der Waals surface area contributed by atoms with Crippen molar-refractivity contribution in [2.24, 2.45) is 0 Å². The minimum absolute atomic E-state index is 0.115. The molecule has 0 aliphatic carbocycles. The maximum atomic E-state index is 12.1. The van der Waals surface area contributed by atoms with E-state index in [9.17, 15) is 15.0 Å². The lowest BCUT2D eigenvalue weighted by atomic mass is 10.2. The molecule has 0 spiro atoms. The third-order valence-corrected chi connectivity index (χ3v) is 3.29. The number of carbonyl (C=O) groups excluding carboxylic acids is 1. The summed E-state index contributed by atoms with van der Waals surface area (Å²) in [7, 11) is 0. The molecule has 0 saturated carbocycles. The minimum atomic E-state index is -0.326. The first-order chi connectivity index (χ1) is 11.1. The second-order valence-electron chi connectivity index (χ2n) is 5.27. The lowest BCUT2D eigenvalue weighted by Crippen LogP contribution is -2.11. The largest absolute Gasteiger partial charge is 0.508 e. The second kappa shape index (κ2) is 8.08. The molecule has 5 nitrogen and oxygen atoms in total. The number of amides is 1. The lowest BCUT2D eigenvalue weighted by Gasteiger charge is -2.08. The van der Waals surface area contributed by atoms with Crippen LogP contribution in [-0.2, 0) is 0 Å². The Bertz CT molecular complexity index is 632. The summed E-state index contributed by atoms with van der Waals surface area (Å²) in [5.41, 5.74) is 0.793. The lowest BCUT2D eigenvalue weighted by molar-refractivity contribution is 0.102. The number of ether oxygens (including phenoxy) is 1. The molecule has 5 heteroatoms. The van der Waals surface area contributed by atoms with Gasteiger partial charge in [0, 0.05) is 29.4 Å². The molecule has 0 aliphatic rings. The SMILES string of the molecule is CCCCCOc1ccc(C(=O)Nc2cc(O)cc(O)c2)cc1. The average molecular weight is 315 g/mol. The van der Waals surface area contributed by atoms with Crippen LogP contribution in [-0.4, -0.2) is 22.7 Å². The number of phenols is 2. The van der Waals surface area contributed by atoms with Crippen molar-refractivity contribution in [3.8, 4) is 17.2 Å². The number of unbranched alkanes of at least 4 members (excludes halogenated alkanes) is 2. The molecule has 0 bridgehead atoms. The summed E-state index contributed by atoms with van der Waals surface area (Å²) >= 11 is 0. The Morgan fingerprint density at radius 1 is 1.04 bits per heavy atom. The summed E-state index contributed by atoms with van der Waals surface area (Å²) < 4.78 is 5.59. The molecule has 0 radical (unpaired) electrons. The van der Waals surface area contributed by atoms with Crippen molar-refractivity contribution < 1.29 is 19.7 Å². The maximum absolute atomic E-state index is 12.1. The highest BCUT2D eigenvalue weighted by atomic mass is 16.5. The Balaban J connectivity index is 1.94. The van der Waals surface area contributed by atoms with Gasteiger partial charge < -0.3 is 20.3 Å². The first kappa shape index (κ1) is 16.7. The van der Waals surface area contributed by atoms with Gasteiger partial charge in [0.2, 0.25) is 0 Å². The van der Waals surface area contributed by atoms with Gasteiger partial charge in [0.25, 0.3) is 5.91 Å². The molecule has 2 rings (SSSR count). The molecule has 0 aromatic heterocycles. The van der Waals surface area contributed by atoms with Crippen LogP contribution in [0.1, 0.15) is 36.5 Å². The van der Waals surface area contributed by atoms with Gasteiger partial charge in [0.1, 0.15) is 17.2 Å². The molecule has 2 aromatic carbocycles. The van der Waals surface area contributed by atoms with Gasteiger partial charge in [-0.3, -0.25) is 4.79 Å². The van der Waals surface area contributed by atoms with Crippen LogP contribution in [0.4, 0.5) is 5.69 Å². The molecule has 23 heavy (non-hydrogen) atoms. The fraction of sp³-hybridized carbons (Fsp3) is 0.278.